The molecule has 0 saturated heterocycles. The van der Waals surface area contributed by atoms with E-state index in [1.54, 1.807) is 18.5 Å². The van der Waals surface area contributed by atoms with Crippen molar-refractivity contribution in [2.45, 2.75) is 19.9 Å². The first-order valence-electron chi connectivity index (χ1n) is 5.65. The van der Waals surface area contributed by atoms with Crippen molar-refractivity contribution >= 4 is 5.97 Å². The molecule has 0 unspecified atom stereocenters. The Labute approximate surface area is 104 Å². The Morgan fingerprint density at radius 3 is 2.67 bits per heavy atom. The molecule has 0 amide bonds. The predicted octanol–water partition coefficient (Wildman–Crippen LogP) is 1.62. The zero-order valence-corrected chi connectivity index (χ0v) is 10.2. The summed E-state index contributed by atoms with van der Waals surface area (Å²) in [5.41, 5.74) is 1.25. The normalized spacial score (nSPS) is 12.6. The number of pyridine rings is 1. The first-order chi connectivity index (χ1) is 8.59. The third-order valence-electron chi connectivity index (χ3n) is 2.61. The average Bonchev–Trinajstić information content (AvgIpc) is 2.78. The number of hydrogen-bond donors (Lipinski definition) is 1. The smallest absolute Gasteiger partial charge is 0.328 e. The van der Waals surface area contributed by atoms with Gasteiger partial charge in [-0.2, -0.15) is 0 Å². The fourth-order valence-electron chi connectivity index (χ4n) is 1.75. The van der Waals surface area contributed by atoms with E-state index in [1.807, 2.05) is 26.0 Å². The lowest BCUT2D eigenvalue weighted by Crippen LogP contribution is -2.24. The van der Waals surface area contributed by atoms with Gasteiger partial charge in [0.25, 0.3) is 0 Å². The molecule has 94 valence electrons. The molecule has 0 fully saturated rings. The van der Waals surface area contributed by atoms with Gasteiger partial charge in [0.15, 0.2) is 6.04 Å². The number of aromatic nitrogens is 4. The topological polar surface area (TPSA) is 80.9 Å². The van der Waals surface area contributed by atoms with Crippen LogP contribution in [0, 0.1) is 5.92 Å². The molecule has 0 aliphatic heterocycles. The molecule has 2 aromatic heterocycles. The molecule has 1 N–H and O–H groups in total. The van der Waals surface area contributed by atoms with Crippen LogP contribution in [0.15, 0.2) is 30.6 Å². The maximum absolute atomic E-state index is 11.2. The number of carboxylic acid groups (broad SMARTS) is 1. The first-order valence-corrected chi connectivity index (χ1v) is 5.65. The van der Waals surface area contributed by atoms with Gasteiger partial charge < -0.3 is 5.11 Å². The van der Waals surface area contributed by atoms with Crippen molar-refractivity contribution in [2.24, 2.45) is 5.92 Å². The van der Waals surface area contributed by atoms with Gasteiger partial charge in [-0.05, 0) is 18.1 Å². The molecule has 0 bridgehead atoms. The molecular weight excluding hydrogens is 232 g/mol. The van der Waals surface area contributed by atoms with E-state index in [1.165, 1.54) is 4.68 Å². The van der Waals surface area contributed by atoms with Crippen LogP contribution in [-0.4, -0.2) is 31.1 Å². The molecule has 0 aliphatic carbocycles. The van der Waals surface area contributed by atoms with Gasteiger partial charge in [-0.25, -0.2) is 9.48 Å². The van der Waals surface area contributed by atoms with Crippen LogP contribution in [-0.2, 0) is 4.79 Å². The molecule has 0 saturated carbocycles. The van der Waals surface area contributed by atoms with Crippen LogP contribution < -0.4 is 0 Å². The number of nitrogens with zero attached hydrogens (tertiary/aromatic N) is 4. The van der Waals surface area contributed by atoms with E-state index < -0.39 is 12.0 Å². The highest BCUT2D eigenvalue weighted by Gasteiger charge is 2.25. The van der Waals surface area contributed by atoms with Gasteiger partial charge in [0.05, 0.1) is 11.9 Å². The summed E-state index contributed by atoms with van der Waals surface area (Å²) in [7, 11) is 0. The van der Waals surface area contributed by atoms with E-state index in [0.717, 1.165) is 0 Å². The van der Waals surface area contributed by atoms with Crippen molar-refractivity contribution in [1.82, 2.24) is 20.0 Å². The average molecular weight is 246 g/mol. The molecule has 18 heavy (non-hydrogen) atoms. The summed E-state index contributed by atoms with van der Waals surface area (Å²) in [6, 6.07) is 4.75. The highest BCUT2D eigenvalue weighted by molar-refractivity contribution is 5.72. The maximum Gasteiger partial charge on any atom is 0.328 e. The lowest BCUT2D eigenvalue weighted by Gasteiger charge is -2.15. The van der Waals surface area contributed by atoms with Gasteiger partial charge in [0, 0.05) is 6.20 Å². The second-order valence-electron chi connectivity index (χ2n) is 4.33. The minimum atomic E-state index is -0.914. The van der Waals surface area contributed by atoms with Crippen molar-refractivity contribution in [3.8, 4) is 11.4 Å². The molecule has 2 aromatic rings. The summed E-state index contributed by atoms with van der Waals surface area (Å²) in [6.07, 6.45) is 3.27. The lowest BCUT2D eigenvalue weighted by atomic mass is 10.1. The minimum absolute atomic E-state index is 0.0687. The molecular formula is C12H14N4O2. The quantitative estimate of drug-likeness (QED) is 0.886. The third kappa shape index (κ3) is 2.37. The Kier molecular flexibility index (Phi) is 3.36. The lowest BCUT2D eigenvalue weighted by molar-refractivity contribution is -0.142. The van der Waals surface area contributed by atoms with Gasteiger partial charge >= 0.3 is 5.97 Å². The standard InChI is InChI=1S/C12H14N4O2/c1-8(2)11(12(17)18)16-7-10(14-15-16)9-5-3-4-6-13-9/h3-8,11H,1-2H3,(H,17,18)/t11-/m0/s1. The zero-order chi connectivity index (χ0) is 13.1. The summed E-state index contributed by atoms with van der Waals surface area (Å²) in [6.45, 7) is 3.67. The Morgan fingerprint density at radius 1 is 1.33 bits per heavy atom. The molecule has 6 heteroatoms. The van der Waals surface area contributed by atoms with E-state index in [9.17, 15) is 9.90 Å². The largest absolute Gasteiger partial charge is 0.480 e. The number of hydrogen-bond acceptors (Lipinski definition) is 4. The number of aliphatic carboxylic acids is 1. The summed E-state index contributed by atoms with van der Waals surface area (Å²) in [5.74, 6) is -0.983. The zero-order valence-electron chi connectivity index (χ0n) is 10.2. The Morgan fingerprint density at radius 2 is 2.11 bits per heavy atom. The molecule has 2 heterocycles. The van der Waals surface area contributed by atoms with E-state index in [0.29, 0.717) is 11.4 Å². The van der Waals surface area contributed by atoms with Crippen LogP contribution in [0.25, 0.3) is 11.4 Å². The third-order valence-corrected chi connectivity index (χ3v) is 2.61. The van der Waals surface area contributed by atoms with E-state index >= 15 is 0 Å². The second-order valence-corrected chi connectivity index (χ2v) is 4.33. The Hall–Kier alpha value is -2.24. The van der Waals surface area contributed by atoms with Gasteiger partial charge in [0.1, 0.15) is 5.69 Å². The van der Waals surface area contributed by atoms with Gasteiger partial charge in [-0.1, -0.05) is 25.1 Å². The van der Waals surface area contributed by atoms with Crippen molar-refractivity contribution < 1.29 is 9.90 Å². The van der Waals surface area contributed by atoms with E-state index in [4.69, 9.17) is 0 Å². The molecule has 0 spiro atoms. The van der Waals surface area contributed by atoms with Crippen molar-refractivity contribution in [3.05, 3.63) is 30.6 Å². The monoisotopic (exact) mass is 246 g/mol. The summed E-state index contributed by atoms with van der Waals surface area (Å²) < 4.78 is 1.37. The van der Waals surface area contributed by atoms with Gasteiger partial charge in [-0.3, -0.25) is 4.98 Å². The van der Waals surface area contributed by atoms with Gasteiger partial charge in [-0.15, -0.1) is 5.10 Å². The fourth-order valence-corrected chi connectivity index (χ4v) is 1.75. The van der Waals surface area contributed by atoms with E-state index in [-0.39, 0.29) is 5.92 Å². The predicted molar refractivity (Wildman–Crippen MR) is 64.8 cm³/mol. The second kappa shape index (κ2) is 4.95. The van der Waals surface area contributed by atoms with Crippen LogP contribution in [0.5, 0.6) is 0 Å². The molecule has 2 rings (SSSR count). The summed E-state index contributed by atoms with van der Waals surface area (Å²) in [5, 5.41) is 17.0. The SMILES string of the molecule is CC(C)[C@@H](C(=O)O)n1cc(-c2ccccn2)nn1. The summed E-state index contributed by atoms with van der Waals surface area (Å²) in [4.78, 5) is 15.3. The van der Waals surface area contributed by atoms with Crippen LogP contribution >= 0.6 is 0 Å². The van der Waals surface area contributed by atoms with Crippen molar-refractivity contribution in [1.29, 1.82) is 0 Å². The number of carboxylic acids is 1. The Balaban J connectivity index is 2.33. The highest BCUT2D eigenvalue weighted by Crippen LogP contribution is 2.19. The van der Waals surface area contributed by atoms with Gasteiger partial charge in [0.2, 0.25) is 0 Å². The Bertz CT molecular complexity index is 536. The molecule has 6 nitrogen and oxygen atoms in total. The fraction of sp³-hybridized carbons (Fsp3) is 0.333. The summed E-state index contributed by atoms with van der Waals surface area (Å²) >= 11 is 0. The van der Waals surface area contributed by atoms with Crippen LogP contribution in [0.2, 0.25) is 0 Å². The molecule has 0 aromatic carbocycles. The maximum atomic E-state index is 11.2. The number of carbonyl (C=O) groups is 1. The minimum Gasteiger partial charge on any atom is -0.480 e. The van der Waals surface area contributed by atoms with Crippen LogP contribution in [0.1, 0.15) is 19.9 Å². The molecule has 1 atom stereocenters. The first kappa shape index (κ1) is 12.2. The van der Waals surface area contributed by atoms with Crippen LogP contribution in [0.4, 0.5) is 0 Å². The van der Waals surface area contributed by atoms with Crippen molar-refractivity contribution in [2.75, 3.05) is 0 Å². The highest BCUT2D eigenvalue weighted by atomic mass is 16.4. The van der Waals surface area contributed by atoms with Crippen LogP contribution in [0.3, 0.4) is 0 Å². The molecule has 0 aliphatic rings. The number of rotatable bonds is 4. The molecule has 0 radical (unpaired) electrons. The van der Waals surface area contributed by atoms with Crippen molar-refractivity contribution in [3.63, 3.8) is 0 Å². The van der Waals surface area contributed by atoms with E-state index in [2.05, 4.69) is 15.3 Å².